The molecule has 1 atom stereocenters. The second-order valence-corrected chi connectivity index (χ2v) is 3.98. The first kappa shape index (κ1) is 11.4. The maximum atomic E-state index is 6.13. The molecular formula is C12H17ClO. The molecule has 2 heteroatoms. The van der Waals surface area contributed by atoms with E-state index in [1.165, 1.54) is 12.0 Å². The van der Waals surface area contributed by atoms with E-state index >= 15 is 0 Å². The first-order valence-corrected chi connectivity index (χ1v) is 5.40. The molecular weight excluding hydrogens is 196 g/mol. The molecule has 0 heterocycles. The Morgan fingerprint density at radius 2 is 2.14 bits per heavy atom. The Balaban J connectivity index is 2.93. The van der Waals surface area contributed by atoms with E-state index in [4.69, 9.17) is 16.3 Å². The zero-order valence-electron chi connectivity index (χ0n) is 9.01. The third kappa shape index (κ3) is 2.65. The van der Waals surface area contributed by atoms with E-state index in [1.807, 2.05) is 18.2 Å². The van der Waals surface area contributed by atoms with Crippen LogP contribution in [0.4, 0.5) is 0 Å². The Bertz CT molecular complexity index is 296. The van der Waals surface area contributed by atoms with Gasteiger partial charge in [-0.1, -0.05) is 31.9 Å². The van der Waals surface area contributed by atoms with Crippen LogP contribution in [0.15, 0.2) is 18.2 Å². The van der Waals surface area contributed by atoms with E-state index < -0.39 is 0 Å². The summed E-state index contributed by atoms with van der Waals surface area (Å²) in [6.07, 6.45) is 2.33. The minimum absolute atomic E-state index is 0.502. The fraction of sp³-hybridized carbons (Fsp3) is 0.500. The van der Waals surface area contributed by atoms with Crippen molar-refractivity contribution in [3.8, 4) is 5.75 Å². The summed E-state index contributed by atoms with van der Waals surface area (Å²) >= 11 is 6.13. The molecule has 1 nitrogen and oxygen atoms in total. The first-order chi connectivity index (χ1) is 6.69. The van der Waals surface area contributed by atoms with Gasteiger partial charge < -0.3 is 4.74 Å². The molecule has 1 rings (SSSR count). The number of methoxy groups -OCH3 is 1. The van der Waals surface area contributed by atoms with Crippen LogP contribution in [0, 0.1) is 0 Å². The summed E-state index contributed by atoms with van der Waals surface area (Å²) < 4.78 is 5.18. The van der Waals surface area contributed by atoms with Crippen molar-refractivity contribution in [3.05, 3.63) is 28.8 Å². The van der Waals surface area contributed by atoms with Gasteiger partial charge in [-0.05, 0) is 36.1 Å². The molecule has 0 radical (unpaired) electrons. The monoisotopic (exact) mass is 212 g/mol. The zero-order valence-corrected chi connectivity index (χ0v) is 9.77. The van der Waals surface area contributed by atoms with Crippen molar-refractivity contribution in [2.75, 3.05) is 7.11 Å². The third-order valence-corrected chi connectivity index (χ3v) is 2.80. The highest BCUT2D eigenvalue weighted by atomic mass is 35.5. The smallest absolute Gasteiger partial charge is 0.119 e. The van der Waals surface area contributed by atoms with Crippen molar-refractivity contribution in [2.45, 2.75) is 32.6 Å². The van der Waals surface area contributed by atoms with Crippen molar-refractivity contribution in [1.29, 1.82) is 0 Å². The lowest BCUT2D eigenvalue weighted by Gasteiger charge is -2.13. The summed E-state index contributed by atoms with van der Waals surface area (Å²) in [4.78, 5) is 0. The van der Waals surface area contributed by atoms with E-state index in [-0.39, 0.29) is 0 Å². The van der Waals surface area contributed by atoms with E-state index in [9.17, 15) is 0 Å². The number of benzene rings is 1. The second kappa shape index (κ2) is 5.26. The van der Waals surface area contributed by atoms with Crippen LogP contribution in [0.1, 0.15) is 38.2 Å². The Hall–Kier alpha value is -0.690. The van der Waals surface area contributed by atoms with Crippen LogP contribution < -0.4 is 4.74 Å². The molecule has 0 aromatic heterocycles. The zero-order chi connectivity index (χ0) is 10.6. The molecule has 0 aliphatic carbocycles. The Morgan fingerprint density at radius 3 is 2.71 bits per heavy atom. The topological polar surface area (TPSA) is 9.23 Å². The SMILES string of the molecule is CCCC(C)c1cc(OC)ccc1Cl. The lowest BCUT2D eigenvalue weighted by molar-refractivity contribution is 0.413. The minimum Gasteiger partial charge on any atom is -0.497 e. The molecule has 0 spiro atoms. The molecule has 1 aromatic rings. The quantitative estimate of drug-likeness (QED) is 0.725. The normalized spacial score (nSPS) is 12.6. The minimum atomic E-state index is 0.502. The molecule has 0 aliphatic rings. The molecule has 0 amide bonds. The number of ether oxygens (including phenoxy) is 1. The van der Waals surface area contributed by atoms with Crippen LogP contribution in [0.5, 0.6) is 5.75 Å². The van der Waals surface area contributed by atoms with Gasteiger partial charge in [-0.15, -0.1) is 0 Å². The van der Waals surface area contributed by atoms with Crippen LogP contribution in [0.25, 0.3) is 0 Å². The van der Waals surface area contributed by atoms with Crippen LogP contribution >= 0.6 is 11.6 Å². The van der Waals surface area contributed by atoms with E-state index in [2.05, 4.69) is 13.8 Å². The molecule has 0 fully saturated rings. The summed E-state index contributed by atoms with van der Waals surface area (Å²) in [5, 5.41) is 0.840. The molecule has 0 bridgehead atoms. The van der Waals surface area contributed by atoms with Crippen molar-refractivity contribution in [2.24, 2.45) is 0 Å². The molecule has 14 heavy (non-hydrogen) atoms. The molecule has 0 saturated heterocycles. The van der Waals surface area contributed by atoms with Gasteiger partial charge in [0.25, 0.3) is 0 Å². The van der Waals surface area contributed by atoms with Gasteiger partial charge in [0, 0.05) is 5.02 Å². The van der Waals surface area contributed by atoms with E-state index in [0.29, 0.717) is 5.92 Å². The summed E-state index contributed by atoms with van der Waals surface area (Å²) in [5.74, 6) is 1.38. The number of hydrogen-bond acceptors (Lipinski definition) is 1. The molecule has 0 saturated carbocycles. The molecule has 0 aliphatic heterocycles. The lowest BCUT2D eigenvalue weighted by Crippen LogP contribution is -1.95. The van der Waals surface area contributed by atoms with Gasteiger partial charge in [-0.3, -0.25) is 0 Å². The van der Waals surface area contributed by atoms with Crippen LogP contribution in [0.2, 0.25) is 5.02 Å². The molecule has 78 valence electrons. The second-order valence-electron chi connectivity index (χ2n) is 3.58. The predicted molar refractivity (Wildman–Crippen MR) is 61.3 cm³/mol. The van der Waals surface area contributed by atoms with E-state index in [0.717, 1.165) is 17.2 Å². The fourth-order valence-corrected chi connectivity index (χ4v) is 1.92. The summed E-state index contributed by atoms with van der Waals surface area (Å²) in [6.45, 7) is 4.38. The largest absolute Gasteiger partial charge is 0.497 e. The number of hydrogen-bond donors (Lipinski definition) is 0. The van der Waals surface area contributed by atoms with Crippen molar-refractivity contribution in [3.63, 3.8) is 0 Å². The maximum Gasteiger partial charge on any atom is 0.119 e. The predicted octanol–water partition coefficient (Wildman–Crippen LogP) is 4.25. The Kier molecular flexibility index (Phi) is 4.27. The fourth-order valence-electron chi connectivity index (χ4n) is 1.61. The Labute approximate surface area is 91.0 Å². The molecule has 0 N–H and O–H groups in total. The molecule has 1 aromatic carbocycles. The summed E-state index contributed by atoms with van der Waals surface area (Å²) in [7, 11) is 1.68. The third-order valence-electron chi connectivity index (χ3n) is 2.46. The highest BCUT2D eigenvalue weighted by Gasteiger charge is 2.09. The van der Waals surface area contributed by atoms with Gasteiger partial charge in [-0.2, -0.15) is 0 Å². The van der Waals surface area contributed by atoms with Crippen molar-refractivity contribution >= 4 is 11.6 Å². The van der Waals surface area contributed by atoms with Gasteiger partial charge in [0.1, 0.15) is 5.75 Å². The number of rotatable bonds is 4. The summed E-state index contributed by atoms with van der Waals surface area (Å²) in [6, 6.07) is 5.83. The van der Waals surface area contributed by atoms with Gasteiger partial charge >= 0.3 is 0 Å². The lowest BCUT2D eigenvalue weighted by atomic mass is 9.96. The number of halogens is 1. The average molecular weight is 213 g/mol. The average Bonchev–Trinajstić information content (AvgIpc) is 2.19. The van der Waals surface area contributed by atoms with Gasteiger partial charge in [0.15, 0.2) is 0 Å². The summed E-state index contributed by atoms with van der Waals surface area (Å²) in [5.41, 5.74) is 1.19. The Morgan fingerprint density at radius 1 is 1.43 bits per heavy atom. The van der Waals surface area contributed by atoms with Crippen LogP contribution in [-0.4, -0.2) is 7.11 Å². The maximum absolute atomic E-state index is 6.13. The van der Waals surface area contributed by atoms with Crippen LogP contribution in [-0.2, 0) is 0 Å². The van der Waals surface area contributed by atoms with Gasteiger partial charge in [0.2, 0.25) is 0 Å². The highest BCUT2D eigenvalue weighted by Crippen LogP contribution is 2.30. The first-order valence-electron chi connectivity index (χ1n) is 5.02. The van der Waals surface area contributed by atoms with Gasteiger partial charge in [0.05, 0.1) is 7.11 Å². The van der Waals surface area contributed by atoms with Crippen LogP contribution in [0.3, 0.4) is 0 Å². The van der Waals surface area contributed by atoms with Gasteiger partial charge in [-0.25, -0.2) is 0 Å². The molecule has 1 unspecified atom stereocenters. The highest BCUT2D eigenvalue weighted by molar-refractivity contribution is 6.31. The standard InChI is InChI=1S/C12H17ClO/c1-4-5-9(2)11-8-10(14-3)6-7-12(11)13/h6-9H,4-5H2,1-3H3. The van der Waals surface area contributed by atoms with Crippen molar-refractivity contribution < 1.29 is 4.74 Å². The van der Waals surface area contributed by atoms with Crippen molar-refractivity contribution in [1.82, 2.24) is 0 Å². The van der Waals surface area contributed by atoms with E-state index in [1.54, 1.807) is 7.11 Å².